The third-order valence-electron chi connectivity index (χ3n) is 4.19. The summed E-state index contributed by atoms with van der Waals surface area (Å²) in [5.74, 6) is 2.76. The molecule has 0 bridgehead atoms. The molecule has 0 saturated carbocycles. The summed E-state index contributed by atoms with van der Waals surface area (Å²) in [4.78, 5) is 20.5. The molecule has 1 N–H and O–H groups in total. The lowest BCUT2D eigenvalue weighted by molar-refractivity contribution is -0.139. The largest absolute Gasteiger partial charge is 0.383 e. The van der Waals surface area contributed by atoms with Gasteiger partial charge in [0, 0.05) is 24.4 Å². The minimum Gasteiger partial charge on any atom is -0.383 e. The molecular formula is C17H25N3O2S. The number of amides is 1. The fraction of sp³-hybridized carbons (Fsp3) is 0.647. The zero-order valence-electron chi connectivity index (χ0n) is 14.1. The zero-order valence-corrected chi connectivity index (χ0v) is 14.9. The van der Waals surface area contributed by atoms with Gasteiger partial charge in [0.1, 0.15) is 10.6 Å². The summed E-state index contributed by atoms with van der Waals surface area (Å²) in [7, 11) is 1.95. The smallest absolute Gasteiger partial charge is 0.225 e. The normalized spacial score (nSPS) is 17.5. The van der Waals surface area contributed by atoms with Crippen molar-refractivity contribution in [3.05, 3.63) is 16.1 Å². The number of rotatable bonds is 5. The third-order valence-corrected chi connectivity index (χ3v) is 5.02. The van der Waals surface area contributed by atoms with Crippen LogP contribution in [0, 0.1) is 18.3 Å². The Bertz CT molecular complexity index is 583. The van der Waals surface area contributed by atoms with Gasteiger partial charge in [0.15, 0.2) is 0 Å². The van der Waals surface area contributed by atoms with E-state index in [9.17, 15) is 9.90 Å². The van der Waals surface area contributed by atoms with Crippen molar-refractivity contribution in [2.45, 2.75) is 38.8 Å². The Labute approximate surface area is 142 Å². The topological polar surface area (TPSA) is 56.7 Å². The summed E-state index contributed by atoms with van der Waals surface area (Å²) in [6.07, 6.45) is 6.38. The fourth-order valence-corrected chi connectivity index (χ4v) is 3.72. The second-order valence-electron chi connectivity index (χ2n) is 6.51. The molecule has 5 nitrogen and oxygen atoms in total. The van der Waals surface area contributed by atoms with Crippen molar-refractivity contribution in [3.63, 3.8) is 0 Å². The minimum atomic E-state index is -0.923. The molecule has 23 heavy (non-hydrogen) atoms. The Morgan fingerprint density at radius 1 is 1.57 bits per heavy atom. The molecule has 0 atom stereocenters. The van der Waals surface area contributed by atoms with Crippen molar-refractivity contribution < 1.29 is 9.90 Å². The molecule has 2 rings (SSSR count). The number of piperidine rings is 1. The maximum absolute atomic E-state index is 12.0. The Morgan fingerprint density at radius 3 is 2.78 bits per heavy atom. The van der Waals surface area contributed by atoms with Crippen LogP contribution in [0.25, 0.3) is 0 Å². The Balaban J connectivity index is 1.99. The standard InChI is InChI=1S/C17H25N3O2S/c1-5-8-19(4)11-15-18-14(12-23-15)17(22)6-9-20(10-7-17)16(21)13(2)3/h1,12-13,22H,6-11H2,2-4H3. The lowest BCUT2D eigenvalue weighted by Gasteiger charge is -2.38. The summed E-state index contributed by atoms with van der Waals surface area (Å²) in [6, 6.07) is 0. The van der Waals surface area contributed by atoms with Crippen molar-refractivity contribution in [1.82, 2.24) is 14.8 Å². The molecule has 6 heteroatoms. The number of terminal acetylenes is 1. The molecule has 1 saturated heterocycles. The molecule has 0 unspecified atom stereocenters. The highest BCUT2D eigenvalue weighted by Crippen LogP contribution is 2.34. The van der Waals surface area contributed by atoms with Gasteiger partial charge in [0.2, 0.25) is 5.91 Å². The number of nitrogens with zero attached hydrogens (tertiary/aromatic N) is 3. The number of hydrogen-bond acceptors (Lipinski definition) is 5. The number of aliphatic hydroxyl groups is 1. The molecule has 2 heterocycles. The molecule has 126 valence electrons. The first-order valence-electron chi connectivity index (χ1n) is 7.94. The second kappa shape index (κ2) is 7.43. The van der Waals surface area contributed by atoms with Gasteiger partial charge in [-0.05, 0) is 19.9 Å². The van der Waals surface area contributed by atoms with E-state index in [1.165, 1.54) is 0 Å². The second-order valence-corrected chi connectivity index (χ2v) is 7.46. The van der Waals surface area contributed by atoms with Gasteiger partial charge < -0.3 is 10.0 Å². The fourth-order valence-electron chi connectivity index (χ4n) is 2.76. The van der Waals surface area contributed by atoms with Crippen LogP contribution in [0.5, 0.6) is 0 Å². The Kier molecular flexibility index (Phi) is 5.79. The van der Waals surface area contributed by atoms with Crippen LogP contribution in [0.2, 0.25) is 0 Å². The predicted molar refractivity (Wildman–Crippen MR) is 91.8 cm³/mol. The average Bonchev–Trinajstić information content (AvgIpc) is 2.96. The number of carbonyl (C=O) groups is 1. The van der Waals surface area contributed by atoms with Crippen molar-refractivity contribution in [3.8, 4) is 12.3 Å². The molecule has 1 aromatic rings. The van der Waals surface area contributed by atoms with E-state index in [1.54, 1.807) is 11.3 Å². The van der Waals surface area contributed by atoms with Gasteiger partial charge in [-0.15, -0.1) is 17.8 Å². The van der Waals surface area contributed by atoms with Gasteiger partial charge in [-0.3, -0.25) is 9.69 Å². The van der Waals surface area contributed by atoms with E-state index in [-0.39, 0.29) is 11.8 Å². The van der Waals surface area contributed by atoms with Crippen molar-refractivity contribution in [2.24, 2.45) is 5.92 Å². The maximum atomic E-state index is 12.0. The van der Waals surface area contributed by atoms with Crippen LogP contribution in [0.1, 0.15) is 37.4 Å². The number of thiazole rings is 1. The predicted octanol–water partition coefficient (Wildman–Crippen LogP) is 1.67. The van der Waals surface area contributed by atoms with Crippen molar-refractivity contribution >= 4 is 17.2 Å². The molecule has 1 amide bonds. The monoisotopic (exact) mass is 335 g/mol. The Hall–Kier alpha value is -1.42. The minimum absolute atomic E-state index is 0.00115. The molecule has 0 aliphatic carbocycles. The molecule has 1 fully saturated rings. The first-order chi connectivity index (χ1) is 10.9. The number of hydrogen-bond donors (Lipinski definition) is 1. The van der Waals surface area contributed by atoms with E-state index in [1.807, 2.05) is 36.1 Å². The van der Waals surface area contributed by atoms with Gasteiger partial charge >= 0.3 is 0 Å². The molecule has 0 aromatic carbocycles. The summed E-state index contributed by atoms with van der Waals surface area (Å²) in [5.41, 5.74) is -0.198. The summed E-state index contributed by atoms with van der Waals surface area (Å²) in [5, 5.41) is 13.8. The van der Waals surface area contributed by atoms with Gasteiger partial charge in [-0.25, -0.2) is 4.98 Å². The lowest BCUT2D eigenvalue weighted by atomic mass is 9.88. The highest BCUT2D eigenvalue weighted by Gasteiger charge is 2.37. The van der Waals surface area contributed by atoms with Gasteiger partial charge in [0.05, 0.1) is 18.8 Å². The summed E-state index contributed by atoms with van der Waals surface area (Å²) < 4.78 is 0. The van der Waals surface area contributed by atoms with Crippen LogP contribution < -0.4 is 0 Å². The van der Waals surface area contributed by atoms with Gasteiger partial charge in [-0.2, -0.15) is 0 Å². The van der Waals surface area contributed by atoms with E-state index in [0.717, 1.165) is 10.7 Å². The number of carbonyl (C=O) groups excluding carboxylic acids is 1. The molecular weight excluding hydrogens is 310 g/mol. The SMILES string of the molecule is C#CCN(C)Cc1nc(C2(O)CCN(C(=O)C(C)C)CC2)cs1. The maximum Gasteiger partial charge on any atom is 0.225 e. The summed E-state index contributed by atoms with van der Waals surface area (Å²) >= 11 is 1.55. The molecule has 1 aromatic heterocycles. The van der Waals surface area contributed by atoms with Gasteiger partial charge in [-0.1, -0.05) is 19.8 Å². The van der Waals surface area contributed by atoms with Crippen LogP contribution in [-0.2, 0) is 16.9 Å². The van der Waals surface area contributed by atoms with E-state index in [4.69, 9.17) is 6.42 Å². The quantitative estimate of drug-likeness (QED) is 0.832. The zero-order chi connectivity index (χ0) is 17.0. The van der Waals surface area contributed by atoms with E-state index in [0.29, 0.717) is 39.0 Å². The van der Waals surface area contributed by atoms with Crippen molar-refractivity contribution in [1.29, 1.82) is 0 Å². The molecule has 0 spiro atoms. The Morgan fingerprint density at radius 2 is 2.22 bits per heavy atom. The first kappa shape index (κ1) is 17.9. The van der Waals surface area contributed by atoms with Crippen LogP contribution in [0.4, 0.5) is 0 Å². The molecule has 0 radical (unpaired) electrons. The molecule has 1 aliphatic heterocycles. The highest BCUT2D eigenvalue weighted by atomic mass is 32.1. The number of likely N-dealkylation sites (tertiary alicyclic amines) is 1. The first-order valence-corrected chi connectivity index (χ1v) is 8.82. The van der Waals surface area contributed by atoms with Crippen LogP contribution in [0.3, 0.4) is 0 Å². The summed E-state index contributed by atoms with van der Waals surface area (Å²) in [6.45, 7) is 6.23. The van der Waals surface area contributed by atoms with E-state index < -0.39 is 5.60 Å². The van der Waals surface area contributed by atoms with E-state index in [2.05, 4.69) is 10.9 Å². The third kappa shape index (κ3) is 4.31. The van der Waals surface area contributed by atoms with Gasteiger partial charge in [0.25, 0.3) is 0 Å². The number of aromatic nitrogens is 1. The van der Waals surface area contributed by atoms with Crippen LogP contribution >= 0.6 is 11.3 Å². The molecule has 1 aliphatic rings. The van der Waals surface area contributed by atoms with Crippen LogP contribution in [0.15, 0.2) is 5.38 Å². The van der Waals surface area contributed by atoms with Crippen molar-refractivity contribution in [2.75, 3.05) is 26.7 Å². The average molecular weight is 335 g/mol. The van der Waals surface area contributed by atoms with Crippen LogP contribution in [-0.4, -0.2) is 52.5 Å². The lowest BCUT2D eigenvalue weighted by Crippen LogP contribution is -2.46. The highest BCUT2D eigenvalue weighted by molar-refractivity contribution is 7.09. The van der Waals surface area contributed by atoms with E-state index >= 15 is 0 Å².